The van der Waals surface area contributed by atoms with Crippen LogP contribution in [0.15, 0.2) is 205 Å². The molecule has 0 saturated heterocycles. The van der Waals surface area contributed by atoms with Gasteiger partial charge in [-0.2, -0.15) is 0 Å². The zero-order valence-corrected chi connectivity index (χ0v) is 30.6. The first-order valence-corrected chi connectivity index (χ1v) is 19.5. The number of hydrogen-bond donors (Lipinski definition) is 0. The van der Waals surface area contributed by atoms with Crippen molar-refractivity contribution in [2.45, 2.75) is 0 Å². The summed E-state index contributed by atoms with van der Waals surface area (Å²) in [7, 11) is 0. The van der Waals surface area contributed by atoms with Crippen molar-refractivity contribution in [3.05, 3.63) is 200 Å². The quantitative estimate of drug-likeness (QED) is 0.170. The molecule has 0 aliphatic heterocycles. The van der Waals surface area contributed by atoms with Gasteiger partial charge in [-0.05, 0) is 87.6 Å². The third kappa shape index (κ3) is 5.32. The van der Waals surface area contributed by atoms with Gasteiger partial charge in [-0.15, -0.1) is 11.3 Å². The number of fused-ring (bicyclic) bond motifs is 7. The van der Waals surface area contributed by atoms with Crippen molar-refractivity contribution in [1.82, 2.24) is 0 Å². The molecule has 0 atom stereocenters. The molecule has 55 heavy (non-hydrogen) atoms. The van der Waals surface area contributed by atoms with Gasteiger partial charge in [-0.25, -0.2) is 0 Å². The Hall–Kier alpha value is -6.94. The van der Waals surface area contributed by atoms with Crippen molar-refractivity contribution < 1.29 is 4.42 Å². The van der Waals surface area contributed by atoms with Crippen LogP contribution in [-0.4, -0.2) is 0 Å². The average molecular weight is 720 g/mol. The van der Waals surface area contributed by atoms with E-state index in [1.165, 1.54) is 47.6 Å². The number of rotatable bonds is 6. The molecule has 258 valence electrons. The first-order chi connectivity index (χ1) is 27.3. The molecular weight excluding hydrogens is 687 g/mol. The van der Waals surface area contributed by atoms with Gasteiger partial charge in [-0.3, -0.25) is 0 Å². The number of anilines is 3. The molecule has 11 aromatic rings. The minimum atomic E-state index is 0.900. The third-order valence-corrected chi connectivity index (χ3v) is 12.0. The second-order valence-electron chi connectivity index (χ2n) is 14.1. The van der Waals surface area contributed by atoms with E-state index in [1.807, 2.05) is 23.5 Å². The standard InChI is InChI=1S/C52H33NOS/c1-2-14-35-31-38(30-29-34(35)13-1)41-19-3-6-25-47(41)53(39-17-9-15-36(32-39)42-22-12-28-50-51(42)46-21-5-8-27-49(46)55-50)40-18-10-16-37(33-40)43-23-11-24-45-44-20-4-7-26-48(44)54-52(43)45/h1-33H. The summed E-state index contributed by atoms with van der Waals surface area (Å²) >= 11 is 1.86. The Morgan fingerprint density at radius 3 is 1.85 bits per heavy atom. The molecule has 0 fully saturated rings. The van der Waals surface area contributed by atoms with Gasteiger partial charge in [0.15, 0.2) is 0 Å². The topological polar surface area (TPSA) is 16.4 Å². The van der Waals surface area contributed by atoms with Crippen molar-refractivity contribution >= 4 is 81.3 Å². The first-order valence-electron chi connectivity index (χ1n) is 18.7. The van der Waals surface area contributed by atoms with Crippen LogP contribution in [0.3, 0.4) is 0 Å². The smallest absolute Gasteiger partial charge is 0.143 e. The second kappa shape index (κ2) is 12.9. The van der Waals surface area contributed by atoms with Gasteiger partial charge in [0.25, 0.3) is 0 Å². The van der Waals surface area contributed by atoms with E-state index in [9.17, 15) is 0 Å². The largest absolute Gasteiger partial charge is 0.455 e. The third-order valence-electron chi connectivity index (χ3n) is 10.8. The van der Waals surface area contributed by atoms with Gasteiger partial charge in [0.2, 0.25) is 0 Å². The summed E-state index contributed by atoms with van der Waals surface area (Å²) in [5, 5.41) is 7.32. The molecule has 0 amide bonds. The van der Waals surface area contributed by atoms with Crippen LogP contribution in [0, 0.1) is 0 Å². The fourth-order valence-corrected chi connectivity index (χ4v) is 9.44. The SMILES string of the molecule is c1cc(-c2cccc3c2oc2ccccc23)cc(N(c2cccc(-c3cccc4sc5ccccc5c34)c2)c2ccccc2-c2ccc3ccccc3c2)c1. The maximum atomic E-state index is 6.53. The Labute approximate surface area is 322 Å². The molecule has 0 spiro atoms. The molecule has 0 unspecified atom stereocenters. The van der Waals surface area contributed by atoms with Gasteiger partial charge in [0, 0.05) is 53.4 Å². The highest BCUT2D eigenvalue weighted by atomic mass is 32.1. The zero-order valence-electron chi connectivity index (χ0n) is 29.8. The van der Waals surface area contributed by atoms with E-state index in [1.54, 1.807) is 0 Å². The number of furan rings is 1. The van der Waals surface area contributed by atoms with Crippen molar-refractivity contribution in [3.8, 4) is 33.4 Å². The van der Waals surface area contributed by atoms with Gasteiger partial charge < -0.3 is 9.32 Å². The van der Waals surface area contributed by atoms with E-state index in [0.717, 1.165) is 55.7 Å². The number of nitrogens with zero attached hydrogens (tertiary/aromatic N) is 1. The lowest BCUT2D eigenvalue weighted by Crippen LogP contribution is -2.11. The van der Waals surface area contributed by atoms with Crippen molar-refractivity contribution in [2.24, 2.45) is 0 Å². The van der Waals surface area contributed by atoms with Gasteiger partial charge in [0.1, 0.15) is 11.2 Å². The predicted octanol–water partition coefficient (Wildman–Crippen LogP) is 15.6. The van der Waals surface area contributed by atoms with Crippen LogP contribution in [0.2, 0.25) is 0 Å². The minimum absolute atomic E-state index is 0.900. The molecule has 0 radical (unpaired) electrons. The monoisotopic (exact) mass is 719 g/mol. The highest BCUT2D eigenvalue weighted by molar-refractivity contribution is 7.25. The Morgan fingerprint density at radius 1 is 0.382 bits per heavy atom. The number of hydrogen-bond acceptors (Lipinski definition) is 3. The van der Waals surface area contributed by atoms with Crippen LogP contribution in [0.1, 0.15) is 0 Å². The zero-order chi connectivity index (χ0) is 36.3. The maximum Gasteiger partial charge on any atom is 0.143 e. The van der Waals surface area contributed by atoms with E-state index in [0.29, 0.717) is 0 Å². The summed E-state index contributed by atoms with van der Waals surface area (Å²) in [6, 6.07) is 72.3. The van der Waals surface area contributed by atoms with Crippen LogP contribution in [0.25, 0.3) is 86.3 Å². The van der Waals surface area contributed by atoms with Crippen LogP contribution in [0.5, 0.6) is 0 Å². The van der Waals surface area contributed by atoms with Crippen molar-refractivity contribution in [3.63, 3.8) is 0 Å². The highest BCUT2D eigenvalue weighted by Crippen LogP contribution is 2.46. The number of benzene rings is 9. The summed E-state index contributed by atoms with van der Waals surface area (Å²) < 4.78 is 9.14. The van der Waals surface area contributed by atoms with Gasteiger partial charge >= 0.3 is 0 Å². The second-order valence-corrected chi connectivity index (χ2v) is 15.2. The van der Waals surface area contributed by atoms with Gasteiger partial charge in [-0.1, -0.05) is 146 Å². The summed E-state index contributed by atoms with van der Waals surface area (Å²) in [6.45, 7) is 0. The predicted molar refractivity (Wildman–Crippen MR) is 235 cm³/mol. The molecular formula is C52H33NOS. The van der Waals surface area contributed by atoms with Gasteiger partial charge in [0.05, 0.1) is 5.69 Å². The van der Waals surface area contributed by atoms with Crippen LogP contribution < -0.4 is 4.90 Å². The summed E-state index contributed by atoms with van der Waals surface area (Å²) in [6.07, 6.45) is 0. The molecule has 2 aromatic heterocycles. The van der Waals surface area contributed by atoms with Crippen molar-refractivity contribution in [1.29, 1.82) is 0 Å². The summed E-state index contributed by atoms with van der Waals surface area (Å²) in [5.74, 6) is 0. The first kappa shape index (κ1) is 31.6. The van der Waals surface area contributed by atoms with E-state index >= 15 is 0 Å². The number of para-hydroxylation sites is 3. The average Bonchev–Trinajstić information content (AvgIpc) is 3.83. The van der Waals surface area contributed by atoms with Crippen LogP contribution >= 0.6 is 11.3 Å². The maximum absolute atomic E-state index is 6.53. The molecule has 2 heterocycles. The Kier molecular flexibility index (Phi) is 7.39. The Balaban J connectivity index is 1.13. The Morgan fingerprint density at radius 2 is 0.982 bits per heavy atom. The lowest BCUT2D eigenvalue weighted by Gasteiger charge is -2.29. The molecule has 2 nitrogen and oxygen atoms in total. The lowest BCUT2D eigenvalue weighted by atomic mass is 9.96. The normalized spacial score (nSPS) is 11.6. The van der Waals surface area contributed by atoms with E-state index < -0.39 is 0 Å². The minimum Gasteiger partial charge on any atom is -0.455 e. The van der Waals surface area contributed by atoms with Crippen LogP contribution in [0.4, 0.5) is 17.1 Å². The fourth-order valence-electron chi connectivity index (χ4n) is 8.31. The molecule has 3 heteroatoms. The number of thiophene rings is 1. The summed E-state index contributed by atoms with van der Waals surface area (Å²) in [5.41, 5.74) is 12.0. The molecule has 0 saturated carbocycles. The molecule has 0 aliphatic rings. The fraction of sp³-hybridized carbons (Fsp3) is 0. The van der Waals surface area contributed by atoms with E-state index in [-0.39, 0.29) is 0 Å². The van der Waals surface area contributed by atoms with Crippen molar-refractivity contribution in [2.75, 3.05) is 4.90 Å². The lowest BCUT2D eigenvalue weighted by molar-refractivity contribution is 0.670. The highest BCUT2D eigenvalue weighted by Gasteiger charge is 2.20. The Bertz CT molecular complexity index is 3240. The molecule has 0 bridgehead atoms. The molecule has 0 N–H and O–H groups in total. The molecule has 0 aliphatic carbocycles. The summed E-state index contributed by atoms with van der Waals surface area (Å²) in [4.78, 5) is 2.42. The van der Waals surface area contributed by atoms with Crippen LogP contribution in [-0.2, 0) is 0 Å². The van der Waals surface area contributed by atoms with E-state index in [2.05, 4.69) is 193 Å². The van der Waals surface area contributed by atoms with E-state index in [4.69, 9.17) is 4.42 Å². The molecule has 11 rings (SSSR count). The molecule has 9 aromatic carbocycles.